The molecule has 1 fully saturated rings. The number of ether oxygens (including phenoxy) is 1. The van der Waals surface area contributed by atoms with Crippen molar-refractivity contribution in [3.63, 3.8) is 0 Å². The number of rotatable bonds is 3. The topological polar surface area (TPSA) is 38.3 Å². The molecule has 5 heteroatoms. The highest BCUT2D eigenvalue weighted by molar-refractivity contribution is 9.10. The van der Waals surface area contributed by atoms with Crippen molar-refractivity contribution in [1.29, 1.82) is 0 Å². The van der Waals surface area contributed by atoms with Crippen LogP contribution in [-0.2, 0) is 4.74 Å². The van der Waals surface area contributed by atoms with E-state index in [1.807, 2.05) is 0 Å². The summed E-state index contributed by atoms with van der Waals surface area (Å²) >= 11 is 9.24. The van der Waals surface area contributed by atoms with Gasteiger partial charge in [0.2, 0.25) is 0 Å². The molecule has 1 aromatic rings. The highest BCUT2D eigenvalue weighted by Gasteiger charge is 2.22. The molecule has 3 nitrogen and oxygen atoms in total. The number of nitrogens with one attached hydrogen (secondary N) is 1. The Labute approximate surface area is 126 Å². The molecule has 0 aromatic heterocycles. The van der Waals surface area contributed by atoms with Crippen molar-refractivity contribution in [3.8, 4) is 0 Å². The summed E-state index contributed by atoms with van der Waals surface area (Å²) in [6, 6.07) is 5.34. The lowest BCUT2D eigenvalue weighted by molar-refractivity contribution is 0.0538. The number of carbonyl (C=O) groups is 1. The van der Waals surface area contributed by atoms with E-state index >= 15 is 0 Å². The molecular weight excluding hydrogens is 330 g/mol. The Morgan fingerprint density at radius 3 is 2.79 bits per heavy atom. The molecule has 1 amide bonds. The maximum absolute atomic E-state index is 12.2. The van der Waals surface area contributed by atoms with E-state index in [1.165, 1.54) is 0 Å². The molecule has 19 heavy (non-hydrogen) atoms. The Morgan fingerprint density at radius 1 is 1.47 bits per heavy atom. The van der Waals surface area contributed by atoms with E-state index in [1.54, 1.807) is 18.2 Å². The minimum atomic E-state index is -0.0671. The zero-order chi connectivity index (χ0) is 13.8. The first-order valence-electron chi connectivity index (χ1n) is 6.41. The van der Waals surface area contributed by atoms with Crippen molar-refractivity contribution in [1.82, 2.24) is 5.32 Å². The first kappa shape index (κ1) is 14.8. The molecule has 0 spiro atoms. The van der Waals surface area contributed by atoms with Gasteiger partial charge in [-0.2, -0.15) is 0 Å². The van der Waals surface area contributed by atoms with Crippen LogP contribution in [0.25, 0.3) is 0 Å². The maximum atomic E-state index is 12.2. The molecule has 1 aliphatic rings. The van der Waals surface area contributed by atoms with Crippen LogP contribution >= 0.6 is 27.5 Å². The summed E-state index contributed by atoms with van der Waals surface area (Å²) < 4.78 is 6.06. The molecule has 104 valence electrons. The van der Waals surface area contributed by atoms with Gasteiger partial charge < -0.3 is 10.1 Å². The van der Waals surface area contributed by atoms with Crippen molar-refractivity contribution in [2.45, 2.75) is 25.8 Å². The second-order valence-electron chi connectivity index (χ2n) is 4.84. The van der Waals surface area contributed by atoms with Crippen molar-refractivity contribution < 1.29 is 9.53 Å². The van der Waals surface area contributed by atoms with E-state index < -0.39 is 0 Å². The minimum absolute atomic E-state index is 0.0671. The van der Waals surface area contributed by atoms with Gasteiger partial charge in [-0.25, -0.2) is 0 Å². The number of carbonyl (C=O) groups excluding carboxylic acids is 1. The van der Waals surface area contributed by atoms with E-state index in [2.05, 4.69) is 28.2 Å². The normalized spacial score (nSPS) is 18.1. The van der Waals surface area contributed by atoms with Gasteiger partial charge in [0.05, 0.1) is 5.56 Å². The van der Waals surface area contributed by atoms with E-state index in [0.29, 0.717) is 16.5 Å². The molecule has 1 aliphatic heterocycles. The summed E-state index contributed by atoms with van der Waals surface area (Å²) in [5, 5.41) is 3.67. The largest absolute Gasteiger partial charge is 0.381 e. The monoisotopic (exact) mass is 345 g/mol. The Morgan fingerprint density at radius 2 is 2.16 bits per heavy atom. The van der Waals surface area contributed by atoms with E-state index in [-0.39, 0.29) is 11.9 Å². The van der Waals surface area contributed by atoms with Gasteiger partial charge in [0, 0.05) is 28.8 Å². The maximum Gasteiger partial charge on any atom is 0.252 e. The molecule has 1 aromatic carbocycles. The number of amides is 1. The van der Waals surface area contributed by atoms with Crippen LogP contribution in [0.15, 0.2) is 22.7 Å². The van der Waals surface area contributed by atoms with E-state index in [0.717, 1.165) is 30.5 Å². The molecule has 2 rings (SSSR count). The second kappa shape index (κ2) is 6.73. The Kier molecular flexibility index (Phi) is 5.25. The molecule has 1 N–H and O–H groups in total. The van der Waals surface area contributed by atoms with Crippen LogP contribution in [0.5, 0.6) is 0 Å². The van der Waals surface area contributed by atoms with Crippen molar-refractivity contribution >= 4 is 33.4 Å². The molecule has 0 radical (unpaired) electrons. The average molecular weight is 347 g/mol. The molecule has 0 aliphatic carbocycles. The standard InChI is InChI=1S/C14H17BrClNO2/c1-9(10-4-6-19-7-5-10)17-14(18)12-3-2-11(16)8-13(12)15/h2-3,8-10H,4-7H2,1H3,(H,17,18). The fourth-order valence-electron chi connectivity index (χ4n) is 2.29. The number of halogens is 2. The van der Waals surface area contributed by atoms with Crippen molar-refractivity contribution in [2.24, 2.45) is 5.92 Å². The van der Waals surface area contributed by atoms with Gasteiger partial charge in [-0.15, -0.1) is 0 Å². The fourth-order valence-corrected chi connectivity index (χ4v) is 3.15. The van der Waals surface area contributed by atoms with Gasteiger partial charge in [0.25, 0.3) is 5.91 Å². The Bertz CT molecular complexity index is 461. The van der Waals surface area contributed by atoms with Crippen LogP contribution in [0.2, 0.25) is 5.02 Å². The predicted octanol–water partition coefficient (Wildman–Crippen LogP) is 3.65. The summed E-state index contributed by atoms with van der Waals surface area (Å²) in [5.74, 6) is 0.423. The average Bonchev–Trinajstić information content (AvgIpc) is 2.39. The molecule has 0 saturated carbocycles. The van der Waals surface area contributed by atoms with Crippen LogP contribution < -0.4 is 5.32 Å². The number of benzene rings is 1. The fraction of sp³-hybridized carbons (Fsp3) is 0.500. The van der Waals surface area contributed by atoms with Crippen LogP contribution in [0.3, 0.4) is 0 Å². The molecule has 1 atom stereocenters. The zero-order valence-corrected chi connectivity index (χ0v) is 13.1. The lowest BCUT2D eigenvalue weighted by Crippen LogP contribution is -2.40. The smallest absolute Gasteiger partial charge is 0.252 e. The summed E-state index contributed by atoms with van der Waals surface area (Å²) in [4.78, 5) is 12.2. The lowest BCUT2D eigenvalue weighted by atomic mass is 9.93. The van der Waals surface area contributed by atoms with Gasteiger partial charge in [0.15, 0.2) is 0 Å². The third-order valence-electron chi connectivity index (χ3n) is 3.51. The Hall–Kier alpha value is -0.580. The molecule has 1 heterocycles. The molecule has 1 saturated heterocycles. The number of hydrogen-bond acceptors (Lipinski definition) is 2. The third-order valence-corrected chi connectivity index (χ3v) is 4.40. The quantitative estimate of drug-likeness (QED) is 0.907. The van der Waals surface area contributed by atoms with Gasteiger partial charge >= 0.3 is 0 Å². The lowest BCUT2D eigenvalue weighted by Gasteiger charge is -2.28. The van der Waals surface area contributed by atoms with Crippen molar-refractivity contribution in [2.75, 3.05) is 13.2 Å². The molecular formula is C14H17BrClNO2. The highest BCUT2D eigenvalue weighted by atomic mass is 79.9. The van der Waals surface area contributed by atoms with Crippen LogP contribution in [0.1, 0.15) is 30.1 Å². The molecule has 0 bridgehead atoms. The van der Waals surface area contributed by atoms with Crippen LogP contribution in [0.4, 0.5) is 0 Å². The highest BCUT2D eigenvalue weighted by Crippen LogP contribution is 2.23. The predicted molar refractivity (Wildman–Crippen MR) is 79.6 cm³/mol. The van der Waals surface area contributed by atoms with Gasteiger partial charge in [-0.1, -0.05) is 11.6 Å². The summed E-state index contributed by atoms with van der Waals surface area (Å²) in [6.07, 6.45) is 2.01. The molecule has 1 unspecified atom stereocenters. The SMILES string of the molecule is CC(NC(=O)c1ccc(Cl)cc1Br)C1CCOCC1. The van der Waals surface area contributed by atoms with Gasteiger partial charge in [-0.05, 0) is 59.8 Å². The van der Waals surface area contributed by atoms with Gasteiger partial charge in [-0.3, -0.25) is 4.79 Å². The third kappa shape index (κ3) is 3.94. The summed E-state index contributed by atoms with van der Waals surface area (Å²) in [7, 11) is 0. The van der Waals surface area contributed by atoms with E-state index in [9.17, 15) is 4.79 Å². The first-order valence-corrected chi connectivity index (χ1v) is 7.58. The first-order chi connectivity index (χ1) is 9.08. The minimum Gasteiger partial charge on any atom is -0.381 e. The van der Waals surface area contributed by atoms with Crippen LogP contribution in [-0.4, -0.2) is 25.2 Å². The van der Waals surface area contributed by atoms with Gasteiger partial charge in [0.1, 0.15) is 0 Å². The second-order valence-corrected chi connectivity index (χ2v) is 6.13. The summed E-state index contributed by atoms with van der Waals surface area (Å²) in [5.41, 5.74) is 0.614. The Balaban J connectivity index is 1.99. The summed E-state index contributed by atoms with van der Waals surface area (Å²) in [6.45, 7) is 3.63. The van der Waals surface area contributed by atoms with E-state index in [4.69, 9.17) is 16.3 Å². The van der Waals surface area contributed by atoms with Crippen molar-refractivity contribution in [3.05, 3.63) is 33.3 Å². The van der Waals surface area contributed by atoms with Crippen LogP contribution in [0, 0.1) is 5.92 Å². The number of hydrogen-bond donors (Lipinski definition) is 1. The zero-order valence-electron chi connectivity index (χ0n) is 10.8.